The van der Waals surface area contributed by atoms with E-state index >= 15 is 0 Å². The second-order valence-electron chi connectivity index (χ2n) is 2.91. The van der Waals surface area contributed by atoms with Crippen molar-refractivity contribution in [1.29, 1.82) is 0 Å². The summed E-state index contributed by atoms with van der Waals surface area (Å²) in [5, 5.41) is 0. The normalized spacial score (nSPS) is 13.2. The van der Waals surface area contributed by atoms with Crippen molar-refractivity contribution in [3.05, 3.63) is 20.8 Å². The average molecular weight is 263 g/mol. The number of nitrogens with two attached hydrogens (primary N) is 1. The van der Waals surface area contributed by atoms with Crippen LogP contribution in [0.1, 0.15) is 10.9 Å². The van der Waals surface area contributed by atoms with Gasteiger partial charge in [0, 0.05) is 4.88 Å². The average Bonchev–Trinajstić information content (AvgIpc) is 2.34. The van der Waals surface area contributed by atoms with Crippen LogP contribution < -0.4 is 5.73 Å². The van der Waals surface area contributed by atoms with Gasteiger partial charge in [0.1, 0.15) is 6.04 Å². The van der Waals surface area contributed by atoms with Crippen LogP contribution in [0.25, 0.3) is 0 Å². The molecule has 0 aliphatic rings. The first-order valence-electron chi connectivity index (χ1n) is 3.73. The molecule has 1 unspecified atom stereocenters. The Morgan fingerprint density at radius 1 is 1.62 bits per heavy atom. The van der Waals surface area contributed by atoms with Crippen LogP contribution in [0.5, 0.6) is 0 Å². The van der Waals surface area contributed by atoms with E-state index in [4.69, 9.17) is 5.73 Å². The third-order valence-corrected chi connectivity index (χ3v) is 3.33. The van der Waals surface area contributed by atoms with Crippen molar-refractivity contribution in [3.63, 3.8) is 0 Å². The molecule has 0 aromatic carbocycles. The fraction of sp³-hybridized carbons (Fsp3) is 0.375. The number of amides is 1. The quantitative estimate of drug-likeness (QED) is 0.900. The number of nitrogens with zero attached hydrogens (tertiary/aromatic N) is 1. The summed E-state index contributed by atoms with van der Waals surface area (Å²) in [6.07, 6.45) is 0. The predicted octanol–water partition coefficient (Wildman–Crippen LogP) is 1.60. The van der Waals surface area contributed by atoms with Crippen molar-refractivity contribution in [2.75, 3.05) is 14.1 Å². The molecule has 0 fully saturated rings. The number of carbonyl (C=O) groups excluding carboxylic acids is 1. The first kappa shape index (κ1) is 10.7. The van der Waals surface area contributed by atoms with Crippen LogP contribution in [0.2, 0.25) is 0 Å². The minimum atomic E-state index is -0.323. The zero-order valence-electron chi connectivity index (χ0n) is 7.45. The van der Waals surface area contributed by atoms with Crippen molar-refractivity contribution in [3.8, 4) is 0 Å². The van der Waals surface area contributed by atoms with E-state index in [1.807, 2.05) is 26.2 Å². The molecule has 5 heteroatoms. The van der Waals surface area contributed by atoms with E-state index in [9.17, 15) is 4.79 Å². The maximum atomic E-state index is 11.1. The van der Waals surface area contributed by atoms with Crippen LogP contribution >= 0.6 is 27.3 Å². The summed E-state index contributed by atoms with van der Waals surface area (Å²) in [4.78, 5) is 13.9. The molecule has 0 bridgehead atoms. The standard InChI is InChI=1S/C8H11BrN2OS/c1-11(2)7(8(10)12)5-3-4-6(9)13-5/h3-4,7H,1-2H3,(H2,10,12). The number of carbonyl (C=O) groups is 1. The molecule has 0 saturated carbocycles. The van der Waals surface area contributed by atoms with Crippen LogP contribution in [0, 0.1) is 0 Å². The molecular weight excluding hydrogens is 252 g/mol. The Kier molecular flexibility index (Phi) is 3.47. The van der Waals surface area contributed by atoms with Gasteiger partial charge in [0.2, 0.25) is 5.91 Å². The van der Waals surface area contributed by atoms with E-state index in [1.165, 1.54) is 11.3 Å². The Hall–Kier alpha value is -0.390. The van der Waals surface area contributed by atoms with Gasteiger partial charge in [-0.1, -0.05) is 0 Å². The molecule has 1 amide bonds. The van der Waals surface area contributed by atoms with Crippen molar-refractivity contribution < 1.29 is 4.79 Å². The maximum absolute atomic E-state index is 11.1. The van der Waals surface area contributed by atoms with Gasteiger partial charge in [-0.2, -0.15) is 0 Å². The van der Waals surface area contributed by atoms with E-state index in [0.29, 0.717) is 0 Å². The van der Waals surface area contributed by atoms with Crippen molar-refractivity contribution in [2.45, 2.75) is 6.04 Å². The van der Waals surface area contributed by atoms with E-state index in [-0.39, 0.29) is 11.9 Å². The third kappa shape index (κ3) is 2.52. The molecule has 0 aliphatic heterocycles. The van der Waals surface area contributed by atoms with Gasteiger partial charge >= 0.3 is 0 Å². The predicted molar refractivity (Wildman–Crippen MR) is 57.6 cm³/mol. The summed E-state index contributed by atoms with van der Waals surface area (Å²) in [6.45, 7) is 0. The highest BCUT2D eigenvalue weighted by atomic mass is 79.9. The van der Waals surface area contributed by atoms with Crippen molar-refractivity contribution in [1.82, 2.24) is 4.90 Å². The lowest BCUT2D eigenvalue weighted by Gasteiger charge is -2.19. The van der Waals surface area contributed by atoms with Gasteiger partial charge in [0.15, 0.2) is 0 Å². The molecule has 0 saturated heterocycles. The molecule has 3 nitrogen and oxygen atoms in total. The van der Waals surface area contributed by atoms with E-state index in [2.05, 4.69) is 15.9 Å². The molecular formula is C8H11BrN2OS. The van der Waals surface area contributed by atoms with Crippen LogP contribution in [-0.2, 0) is 4.79 Å². The first-order chi connectivity index (χ1) is 6.02. The Labute approximate surface area is 89.7 Å². The summed E-state index contributed by atoms with van der Waals surface area (Å²) in [7, 11) is 3.67. The highest BCUT2D eigenvalue weighted by molar-refractivity contribution is 9.11. The Morgan fingerprint density at radius 2 is 2.23 bits per heavy atom. The van der Waals surface area contributed by atoms with Crippen LogP contribution in [0.3, 0.4) is 0 Å². The second-order valence-corrected chi connectivity index (χ2v) is 5.40. The van der Waals surface area contributed by atoms with Crippen LogP contribution in [0.4, 0.5) is 0 Å². The van der Waals surface area contributed by atoms with Gasteiger partial charge < -0.3 is 5.73 Å². The number of hydrogen-bond donors (Lipinski definition) is 1. The lowest BCUT2D eigenvalue weighted by Crippen LogP contribution is -2.32. The molecule has 0 aliphatic carbocycles. The van der Waals surface area contributed by atoms with E-state index < -0.39 is 0 Å². The zero-order valence-corrected chi connectivity index (χ0v) is 9.85. The van der Waals surface area contributed by atoms with Gasteiger partial charge in [-0.25, -0.2) is 0 Å². The second kappa shape index (κ2) is 4.21. The Morgan fingerprint density at radius 3 is 2.54 bits per heavy atom. The van der Waals surface area contributed by atoms with Crippen LogP contribution in [0.15, 0.2) is 15.9 Å². The lowest BCUT2D eigenvalue weighted by molar-refractivity contribution is -0.122. The van der Waals surface area contributed by atoms with Gasteiger partial charge in [-0.3, -0.25) is 9.69 Å². The fourth-order valence-electron chi connectivity index (χ4n) is 1.12. The minimum absolute atomic E-state index is 0.320. The van der Waals surface area contributed by atoms with Gasteiger partial charge in [-0.05, 0) is 42.2 Å². The van der Waals surface area contributed by atoms with E-state index in [0.717, 1.165) is 8.66 Å². The number of halogens is 1. The maximum Gasteiger partial charge on any atom is 0.240 e. The lowest BCUT2D eigenvalue weighted by atomic mass is 10.2. The molecule has 0 spiro atoms. The number of primary amides is 1. The number of thiophene rings is 1. The molecule has 2 N–H and O–H groups in total. The molecule has 13 heavy (non-hydrogen) atoms. The SMILES string of the molecule is CN(C)C(C(N)=O)c1ccc(Br)s1. The minimum Gasteiger partial charge on any atom is -0.368 e. The zero-order chi connectivity index (χ0) is 10.0. The van der Waals surface area contributed by atoms with Crippen molar-refractivity contribution in [2.24, 2.45) is 5.73 Å². The summed E-state index contributed by atoms with van der Waals surface area (Å²) < 4.78 is 1.01. The van der Waals surface area contributed by atoms with Gasteiger partial charge in [0.05, 0.1) is 3.79 Å². The molecule has 1 atom stereocenters. The summed E-state index contributed by atoms with van der Waals surface area (Å²) in [5.41, 5.74) is 5.29. The number of rotatable bonds is 3. The highest BCUT2D eigenvalue weighted by Crippen LogP contribution is 2.29. The number of hydrogen-bond acceptors (Lipinski definition) is 3. The molecule has 1 rings (SSSR count). The molecule has 0 radical (unpaired) electrons. The summed E-state index contributed by atoms with van der Waals surface area (Å²) in [6, 6.07) is 3.50. The van der Waals surface area contributed by atoms with Crippen LogP contribution in [-0.4, -0.2) is 24.9 Å². The topological polar surface area (TPSA) is 46.3 Å². The molecule has 1 heterocycles. The molecule has 1 aromatic heterocycles. The number of likely N-dealkylation sites (N-methyl/N-ethyl adjacent to an activating group) is 1. The smallest absolute Gasteiger partial charge is 0.240 e. The highest BCUT2D eigenvalue weighted by Gasteiger charge is 2.21. The van der Waals surface area contributed by atoms with E-state index in [1.54, 1.807) is 4.90 Å². The molecule has 1 aromatic rings. The van der Waals surface area contributed by atoms with Gasteiger partial charge in [0.25, 0.3) is 0 Å². The first-order valence-corrected chi connectivity index (χ1v) is 5.34. The Balaban J connectivity index is 2.95. The Bertz CT molecular complexity index is 311. The summed E-state index contributed by atoms with van der Waals surface area (Å²) in [5.74, 6) is -0.320. The van der Waals surface area contributed by atoms with Crippen molar-refractivity contribution >= 4 is 33.2 Å². The monoisotopic (exact) mass is 262 g/mol. The third-order valence-electron chi connectivity index (χ3n) is 1.65. The van der Waals surface area contributed by atoms with Gasteiger partial charge in [-0.15, -0.1) is 11.3 Å². The molecule has 72 valence electrons. The summed E-state index contributed by atoms with van der Waals surface area (Å²) >= 11 is 4.87. The largest absolute Gasteiger partial charge is 0.368 e. The fourth-order valence-corrected chi connectivity index (χ4v) is 2.75.